The van der Waals surface area contributed by atoms with E-state index in [1.165, 1.54) is 0 Å². The fourth-order valence-corrected chi connectivity index (χ4v) is 2.96. The van der Waals surface area contributed by atoms with E-state index < -0.39 is 19.8 Å². The highest BCUT2D eigenvalue weighted by Gasteiger charge is 2.33. The van der Waals surface area contributed by atoms with E-state index in [1.54, 1.807) is 19.2 Å². The zero-order chi connectivity index (χ0) is 18.6. The monoisotopic (exact) mass is 365 g/mol. The summed E-state index contributed by atoms with van der Waals surface area (Å²) in [4.78, 5) is 29.7. The van der Waals surface area contributed by atoms with Gasteiger partial charge >= 0.3 is 13.7 Å². The van der Waals surface area contributed by atoms with Gasteiger partial charge in [-0.1, -0.05) is 36.4 Å². The number of carboxylic acids is 1. The first-order valence-corrected chi connectivity index (χ1v) is 9.04. The quantitative estimate of drug-likeness (QED) is 0.647. The van der Waals surface area contributed by atoms with Crippen LogP contribution in [0.5, 0.6) is 5.75 Å². The van der Waals surface area contributed by atoms with E-state index in [9.17, 15) is 24.3 Å². The summed E-state index contributed by atoms with van der Waals surface area (Å²) < 4.78 is 17.1. The molecule has 0 aromatic heterocycles. The Kier molecular flexibility index (Phi) is 5.98. The summed E-state index contributed by atoms with van der Waals surface area (Å²) in [6.07, 6.45) is -0.0185. The van der Waals surface area contributed by atoms with E-state index in [0.717, 1.165) is 23.9 Å². The lowest BCUT2D eigenvalue weighted by molar-refractivity contribution is -0.141. The number of benzene rings is 2. The molecule has 0 aliphatic heterocycles. The summed E-state index contributed by atoms with van der Waals surface area (Å²) in [5.74, 6) is -0.557. The van der Waals surface area contributed by atoms with Crippen molar-refractivity contribution in [1.29, 1.82) is 0 Å². The molecule has 7 nitrogen and oxygen atoms in total. The van der Waals surface area contributed by atoms with Gasteiger partial charge in [0.05, 0.1) is 7.11 Å². The molecule has 2 rings (SSSR count). The van der Waals surface area contributed by atoms with Crippen LogP contribution < -0.4 is 4.74 Å². The highest BCUT2D eigenvalue weighted by atomic mass is 31.2. The number of hydrogen-bond acceptors (Lipinski definition) is 3. The predicted octanol–water partition coefficient (Wildman–Crippen LogP) is 2.38. The van der Waals surface area contributed by atoms with Crippen LogP contribution in [-0.2, 0) is 15.8 Å². The van der Waals surface area contributed by atoms with Gasteiger partial charge in [0.15, 0.2) is 0 Å². The molecule has 1 atom stereocenters. The van der Waals surface area contributed by atoms with E-state index in [1.807, 2.05) is 36.4 Å². The SMILES string of the molecule is COc1cccc(-c2ccc(C[C@@H](C(=O)O)N(C)P(=O)(O)O)cc2)c1. The molecule has 0 amide bonds. The molecule has 0 heterocycles. The molecule has 134 valence electrons. The Bertz CT molecular complexity index is 786. The molecule has 0 saturated heterocycles. The average Bonchev–Trinajstić information content (AvgIpc) is 2.58. The predicted molar refractivity (Wildman–Crippen MR) is 93.4 cm³/mol. The van der Waals surface area contributed by atoms with Gasteiger partial charge in [-0.05, 0) is 42.3 Å². The number of methoxy groups -OCH3 is 1. The summed E-state index contributed by atoms with van der Waals surface area (Å²) >= 11 is 0. The highest BCUT2D eigenvalue weighted by Crippen LogP contribution is 2.40. The first-order chi connectivity index (χ1) is 11.7. The molecule has 2 aromatic rings. The van der Waals surface area contributed by atoms with Crippen LogP contribution in [0.4, 0.5) is 0 Å². The van der Waals surface area contributed by atoms with Gasteiger partial charge in [0, 0.05) is 0 Å². The summed E-state index contributed by atoms with van der Waals surface area (Å²) in [6, 6.07) is 13.4. The van der Waals surface area contributed by atoms with E-state index in [2.05, 4.69) is 0 Å². The van der Waals surface area contributed by atoms with E-state index >= 15 is 0 Å². The van der Waals surface area contributed by atoms with Crippen LogP contribution in [0.25, 0.3) is 11.1 Å². The van der Waals surface area contributed by atoms with Crippen molar-refractivity contribution in [2.75, 3.05) is 14.2 Å². The molecule has 0 saturated carbocycles. The number of ether oxygens (including phenoxy) is 1. The lowest BCUT2D eigenvalue weighted by atomic mass is 10.0. The second kappa shape index (κ2) is 7.80. The van der Waals surface area contributed by atoms with Crippen molar-refractivity contribution in [2.24, 2.45) is 0 Å². The Balaban J connectivity index is 2.21. The maximum atomic E-state index is 11.4. The minimum absolute atomic E-state index is 0.0185. The zero-order valence-electron chi connectivity index (χ0n) is 13.9. The number of rotatable bonds is 7. The van der Waals surface area contributed by atoms with Gasteiger partial charge in [-0.15, -0.1) is 0 Å². The Morgan fingerprint density at radius 3 is 2.32 bits per heavy atom. The van der Waals surface area contributed by atoms with Crippen LogP contribution in [0.1, 0.15) is 5.56 Å². The number of nitrogens with zero attached hydrogens (tertiary/aromatic N) is 1. The molecule has 3 N–H and O–H groups in total. The van der Waals surface area contributed by atoms with Crippen LogP contribution in [0.2, 0.25) is 0 Å². The first-order valence-electron chi connectivity index (χ1n) is 7.47. The number of hydrogen-bond donors (Lipinski definition) is 3. The van der Waals surface area contributed by atoms with Gasteiger partial charge in [-0.25, -0.2) is 4.57 Å². The number of carboxylic acid groups (broad SMARTS) is 1. The largest absolute Gasteiger partial charge is 0.497 e. The van der Waals surface area contributed by atoms with Gasteiger partial charge in [0.1, 0.15) is 11.8 Å². The van der Waals surface area contributed by atoms with Gasteiger partial charge in [-0.2, -0.15) is 4.67 Å². The third-order valence-electron chi connectivity index (χ3n) is 3.93. The summed E-state index contributed by atoms with van der Waals surface area (Å²) in [7, 11) is -1.94. The molecule has 0 aliphatic carbocycles. The summed E-state index contributed by atoms with van der Waals surface area (Å²) in [5, 5.41) is 9.26. The van der Waals surface area contributed by atoms with Gasteiger partial charge < -0.3 is 19.6 Å². The minimum atomic E-state index is -4.63. The Morgan fingerprint density at radius 1 is 1.16 bits per heavy atom. The highest BCUT2D eigenvalue weighted by molar-refractivity contribution is 7.49. The maximum absolute atomic E-state index is 11.4. The van der Waals surface area contributed by atoms with Crippen molar-refractivity contribution in [2.45, 2.75) is 12.5 Å². The van der Waals surface area contributed by atoms with Gasteiger partial charge in [-0.3, -0.25) is 4.79 Å². The van der Waals surface area contributed by atoms with Crippen molar-refractivity contribution >= 4 is 13.7 Å². The second-order valence-electron chi connectivity index (χ2n) is 5.57. The van der Waals surface area contributed by atoms with Gasteiger partial charge in [0.2, 0.25) is 0 Å². The first kappa shape index (κ1) is 19.1. The number of aliphatic carboxylic acids is 1. The molecule has 2 aromatic carbocycles. The minimum Gasteiger partial charge on any atom is -0.497 e. The zero-order valence-corrected chi connectivity index (χ0v) is 14.8. The Labute approximate surface area is 145 Å². The third-order valence-corrected chi connectivity index (χ3v) is 5.03. The lowest BCUT2D eigenvalue weighted by Crippen LogP contribution is -2.38. The van der Waals surface area contributed by atoms with Crippen LogP contribution in [-0.4, -0.2) is 45.7 Å². The van der Waals surface area contributed by atoms with Crippen molar-refractivity contribution in [3.8, 4) is 16.9 Å². The number of carbonyl (C=O) groups is 1. The summed E-state index contributed by atoms with van der Waals surface area (Å²) in [5.41, 5.74) is 2.55. The van der Waals surface area contributed by atoms with Crippen molar-refractivity contribution in [3.05, 3.63) is 54.1 Å². The molecule has 0 unspecified atom stereocenters. The smallest absolute Gasteiger partial charge is 0.403 e. The van der Waals surface area contributed by atoms with Crippen LogP contribution in [0.3, 0.4) is 0 Å². The van der Waals surface area contributed by atoms with Crippen LogP contribution in [0.15, 0.2) is 48.5 Å². The molecule has 0 aliphatic rings. The molecule has 25 heavy (non-hydrogen) atoms. The summed E-state index contributed by atoms with van der Waals surface area (Å²) in [6.45, 7) is 0. The van der Waals surface area contributed by atoms with Crippen molar-refractivity contribution in [3.63, 3.8) is 0 Å². The Hall–Kier alpha value is -2.18. The van der Waals surface area contributed by atoms with Crippen LogP contribution >= 0.6 is 7.75 Å². The second-order valence-corrected chi connectivity index (χ2v) is 7.23. The standard InChI is InChI=1S/C17H20NO6P/c1-18(25(21,22)23)16(17(19)20)10-12-6-8-13(9-7-12)14-4-3-5-15(11-14)24-2/h3-9,11,16H,10H2,1-2H3,(H,19,20)(H2,21,22,23)/t16-/m0/s1. The molecule has 0 radical (unpaired) electrons. The maximum Gasteiger partial charge on any atom is 0.403 e. The molecule has 0 fully saturated rings. The molecule has 8 heteroatoms. The van der Waals surface area contributed by atoms with Crippen molar-refractivity contribution < 1.29 is 29.0 Å². The van der Waals surface area contributed by atoms with Gasteiger partial charge in [0.25, 0.3) is 0 Å². The normalized spacial score (nSPS) is 12.8. The topological polar surface area (TPSA) is 107 Å². The van der Waals surface area contributed by atoms with Crippen molar-refractivity contribution in [1.82, 2.24) is 4.67 Å². The molecule has 0 bridgehead atoms. The lowest BCUT2D eigenvalue weighted by Gasteiger charge is -2.25. The van der Waals surface area contributed by atoms with Crippen LogP contribution in [0, 0.1) is 0 Å². The van der Waals surface area contributed by atoms with E-state index in [4.69, 9.17) is 4.74 Å². The third kappa shape index (κ3) is 4.90. The van der Waals surface area contributed by atoms with E-state index in [0.29, 0.717) is 10.2 Å². The fourth-order valence-electron chi connectivity index (χ4n) is 2.42. The molecular weight excluding hydrogens is 345 g/mol. The molecule has 0 spiro atoms. The number of likely N-dealkylation sites (N-methyl/N-ethyl adjacent to an activating group) is 1. The van der Waals surface area contributed by atoms with E-state index in [-0.39, 0.29) is 6.42 Å². The average molecular weight is 365 g/mol. The Morgan fingerprint density at radius 2 is 1.80 bits per heavy atom. The fraction of sp³-hybridized carbons (Fsp3) is 0.235. The molecular formula is C17H20NO6P.